The van der Waals surface area contributed by atoms with Gasteiger partial charge in [0.25, 0.3) is 0 Å². The maximum atomic E-state index is 10.3. The Bertz CT molecular complexity index is 580. The predicted molar refractivity (Wildman–Crippen MR) is 86.0 cm³/mol. The van der Waals surface area contributed by atoms with Crippen molar-refractivity contribution in [3.8, 4) is 11.5 Å². The first kappa shape index (κ1) is 16.6. The highest BCUT2D eigenvalue weighted by atomic mass is 16.3. The zero-order valence-electron chi connectivity index (χ0n) is 13.1. The van der Waals surface area contributed by atoms with Gasteiger partial charge in [0.05, 0.1) is 6.10 Å². The van der Waals surface area contributed by atoms with Crippen LogP contribution in [-0.2, 0) is 6.42 Å². The second-order valence-electron chi connectivity index (χ2n) is 6.16. The third-order valence-electron chi connectivity index (χ3n) is 4.44. The van der Waals surface area contributed by atoms with E-state index in [0.717, 1.165) is 11.1 Å². The number of rotatable bonds is 4. The summed E-state index contributed by atoms with van der Waals surface area (Å²) in [6.07, 6.45) is 2.29. The molecule has 1 aliphatic rings. The Kier molecular flexibility index (Phi) is 4.94. The molecule has 4 nitrogen and oxygen atoms in total. The number of allylic oxidation sites excluding steroid dienone is 2. The molecule has 0 fully saturated rings. The first-order chi connectivity index (χ1) is 10.3. The average Bonchev–Trinajstić information content (AvgIpc) is 2.41. The normalized spacial score (nSPS) is 24.9. The van der Waals surface area contributed by atoms with Crippen LogP contribution in [0.15, 0.2) is 35.9 Å². The fourth-order valence-electron chi connectivity index (χ4n) is 3.17. The summed E-state index contributed by atoms with van der Waals surface area (Å²) >= 11 is 0. The van der Waals surface area contributed by atoms with E-state index in [1.807, 2.05) is 19.9 Å². The molecule has 2 rings (SSSR count). The monoisotopic (exact) mass is 304 g/mol. The SMILES string of the molecule is C=C(C)[C@@H]1CC(O)C(C)=CC1c1c(O)cc(CCO)cc1O. The summed E-state index contributed by atoms with van der Waals surface area (Å²) in [5.74, 6) is -0.233. The number of aliphatic hydroxyl groups excluding tert-OH is 2. The van der Waals surface area contributed by atoms with Gasteiger partial charge in [-0.25, -0.2) is 0 Å². The minimum Gasteiger partial charge on any atom is -0.507 e. The molecule has 0 saturated carbocycles. The molecule has 0 amide bonds. The Morgan fingerprint density at radius 2 is 1.86 bits per heavy atom. The van der Waals surface area contributed by atoms with Gasteiger partial charge in [0, 0.05) is 18.1 Å². The fourth-order valence-corrected chi connectivity index (χ4v) is 3.17. The van der Waals surface area contributed by atoms with Crippen LogP contribution < -0.4 is 0 Å². The predicted octanol–water partition coefficient (Wildman–Crippen LogP) is 2.62. The molecule has 3 atom stereocenters. The maximum absolute atomic E-state index is 10.3. The molecule has 1 aromatic carbocycles. The van der Waals surface area contributed by atoms with E-state index in [2.05, 4.69) is 6.58 Å². The molecule has 0 radical (unpaired) electrons. The van der Waals surface area contributed by atoms with Crippen LogP contribution in [0.25, 0.3) is 0 Å². The highest BCUT2D eigenvalue weighted by Crippen LogP contribution is 2.46. The lowest BCUT2D eigenvalue weighted by Crippen LogP contribution is -2.26. The summed E-state index contributed by atoms with van der Waals surface area (Å²) in [5.41, 5.74) is 2.89. The summed E-state index contributed by atoms with van der Waals surface area (Å²) in [6.45, 7) is 7.69. The fraction of sp³-hybridized carbons (Fsp3) is 0.444. The molecule has 0 spiro atoms. The second kappa shape index (κ2) is 6.55. The van der Waals surface area contributed by atoms with Crippen LogP contribution in [0.1, 0.15) is 37.3 Å². The number of hydrogen-bond acceptors (Lipinski definition) is 4. The van der Waals surface area contributed by atoms with Gasteiger partial charge in [0.1, 0.15) is 11.5 Å². The molecule has 0 aromatic heterocycles. The summed E-state index contributed by atoms with van der Waals surface area (Å²) < 4.78 is 0. The van der Waals surface area contributed by atoms with Crippen LogP contribution in [-0.4, -0.2) is 33.1 Å². The molecule has 0 bridgehead atoms. The molecule has 120 valence electrons. The maximum Gasteiger partial charge on any atom is 0.123 e. The van der Waals surface area contributed by atoms with E-state index in [4.69, 9.17) is 5.11 Å². The van der Waals surface area contributed by atoms with Crippen LogP contribution >= 0.6 is 0 Å². The first-order valence-electron chi connectivity index (χ1n) is 7.52. The van der Waals surface area contributed by atoms with Gasteiger partial charge in [-0.2, -0.15) is 0 Å². The van der Waals surface area contributed by atoms with Crippen molar-refractivity contribution in [1.82, 2.24) is 0 Å². The van der Waals surface area contributed by atoms with E-state index >= 15 is 0 Å². The Morgan fingerprint density at radius 1 is 1.27 bits per heavy atom. The lowest BCUT2D eigenvalue weighted by atomic mass is 9.72. The number of hydrogen-bond donors (Lipinski definition) is 4. The summed E-state index contributed by atoms with van der Waals surface area (Å²) in [5, 5.41) is 39.7. The van der Waals surface area contributed by atoms with Gasteiger partial charge in [-0.3, -0.25) is 0 Å². The number of benzene rings is 1. The van der Waals surface area contributed by atoms with Crippen molar-refractivity contribution >= 4 is 0 Å². The van der Waals surface area contributed by atoms with Crippen molar-refractivity contribution in [2.75, 3.05) is 6.61 Å². The zero-order chi connectivity index (χ0) is 16.4. The Balaban J connectivity index is 2.50. The standard InChI is InChI=1S/C18H24O4/c1-10(2)13-9-15(20)11(3)6-14(13)18-16(21)7-12(4-5-19)8-17(18)22/h6-8,13-15,19-22H,1,4-5,9H2,2-3H3/t13-,14?,15?/m0/s1. The van der Waals surface area contributed by atoms with E-state index in [-0.39, 0.29) is 29.9 Å². The Morgan fingerprint density at radius 3 is 2.36 bits per heavy atom. The van der Waals surface area contributed by atoms with Crippen molar-refractivity contribution in [2.45, 2.75) is 38.7 Å². The van der Waals surface area contributed by atoms with Gasteiger partial charge >= 0.3 is 0 Å². The lowest BCUT2D eigenvalue weighted by molar-refractivity contribution is 0.168. The largest absolute Gasteiger partial charge is 0.507 e. The molecule has 4 heteroatoms. The third kappa shape index (κ3) is 3.18. The molecule has 4 N–H and O–H groups in total. The highest BCUT2D eigenvalue weighted by molar-refractivity contribution is 5.52. The van der Waals surface area contributed by atoms with E-state index in [1.54, 1.807) is 12.1 Å². The highest BCUT2D eigenvalue weighted by Gasteiger charge is 2.33. The number of aliphatic hydroxyl groups is 2. The smallest absolute Gasteiger partial charge is 0.123 e. The number of phenols is 2. The molecule has 2 unspecified atom stereocenters. The van der Waals surface area contributed by atoms with Crippen LogP contribution in [0.4, 0.5) is 0 Å². The second-order valence-corrected chi connectivity index (χ2v) is 6.16. The van der Waals surface area contributed by atoms with Gasteiger partial charge in [0.15, 0.2) is 0 Å². The summed E-state index contributed by atoms with van der Waals surface area (Å²) in [4.78, 5) is 0. The summed E-state index contributed by atoms with van der Waals surface area (Å²) in [7, 11) is 0. The first-order valence-corrected chi connectivity index (χ1v) is 7.52. The minimum atomic E-state index is -0.518. The third-order valence-corrected chi connectivity index (χ3v) is 4.44. The molecular formula is C18H24O4. The average molecular weight is 304 g/mol. The van der Waals surface area contributed by atoms with Crippen LogP contribution in [0, 0.1) is 5.92 Å². The number of aromatic hydroxyl groups is 2. The molecule has 0 aliphatic heterocycles. The molecule has 1 aliphatic carbocycles. The van der Waals surface area contributed by atoms with Gasteiger partial charge in [0.2, 0.25) is 0 Å². The Hall–Kier alpha value is -1.78. The molecule has 0 saturated heterocycles. The van der Waals surface area contributed by atoms with Crippen molar-refractivity contribution in [3.05, 3.63) is 47.1 Å². The van der Waals surface area contributed by atoms with Crippen molar-refractivity contribution in [1.29, 1.82) is 0 Å². The van der Waals surface area contributed by atoms with Crippen molar-refractivity contribution in [2.24, 2.45) is 5.92 Å². The van der Waals surface area contributed by atoms with E-state index in [9.17, 15) is 15.3 Å². The van der Waals surface area contributed by atoms with Crippen LogP contribution in [0.2, 0.25) is 0 Å². The van der Waals surface area contributed by atoms with Crippen molar-refractivity contribution in [3.63, 3.8) is 0 Å². The quantitative estimate of drug-likeness (QED) is 0.645. The van der Waals surface area contributed by atoms with Crippen LogP contribution in [0.3, 0.4) is 0 Å². The zero-order valence-corrected chi connectivity index (χ0v) is 13.1. The topological polar surface area (TPSA) is 80.9 Å². The van der Waals surface area contributed by atoms with Crippen LogP contribution in [0.5, 0.6) is 11.5 Å². The molecule has 1 aromatic rings. The Labute approximate surface area is 131 Å². The van der Waals surface area contributed by atoms with E-state index in [1.165, 1.54) is 0 Å². The molecule has 22 heavy (non-hydrogen) atoms. The summed E-state index contributed by atoms with van der Waals surface area (Å²) in [6, 6.07) is 3.16. The van der Waals surface area contributed by atoms with Gasteiger partial charge in [-0.05, 0) is 55.9 Å². The van der Waals surface area contributed by atoms with E-state index in [0.29, 0.717) is 24.0 Å². The van der Waals surface area contributed by atoms with Crippen molar-refractivity contribution < 1.29 is 20.4 Å². The van der Waals surface area contributed by atoms with Gasteiger partial charge in [-0.1, -0.05) is 18.2 Å². The lowest BCUT2D eigenvalue weighted by Gasteiger charge is -2.34. The van der Waals surface area contributed by atoms with Gasteiger partial charge in [-0.15, -0.1) is 0 Å². The van der Waals surface area contributed by atoms with Gasteiger partial charge < -0.3 is 20.4 Å². The minimum absolute atomic E-state index is 0.0140. The number of phenolic OH excluding ortho intramolecular Hbond substituents is 2. The van der Waals surface area contributed by atoms with E-state index < -0.39 is 6.10 Å². The molecular weight excluding hydrogens is 280 g/mol. The molecule has 0 heterocycles.